The zero-order valence-corrected chi connectivity index (χ0v) is 16.9. The lowest BCUT2D eigenvalue weighted by Crippen LogP contribution is -2.44. The summed E-state index contributed by atoms with van der Waals surface area (Å²) < 4.78 is 28.3. The normalized spacial score (nSPS) is 21.4. The van der Waals surface area contributed by atoms with Gasteiger partial charge in [0.05, 0.1) is 0 Å². The molecule has 1 fully saturated rings. The van der Waals surface area contributed by atoms with E-state index in [4.69, 9.17) is 11.6 Å². The molecule has 1 heterocycles. The summed E-state index contributed by atoms with van der Waals surface area (Å²) in [6.45, 7) is 0. The van der Waals surface area contributed by atoms with Crippen LogP contribution in [0.4, 0.5) is 0 Å². The van der Waals surface area contributed by atoms with Crippen LogP contribution in [0.3, 0.4) is 0 Å². The summed E-state index contributed by atoms with van der Waals surface area (Å²) in [6, 6.07) is 19.4. The van der Waals surface area contributed by atoms with Crippen molar-refractivity contribution < 1.29 is 18.3 Å². The molecule has 5 nitrogen and oxygen atoms in total. The van der Waals surface area contributed by atoms with Crippen LogP contribution in [-0.2, 0) is 14.8 Å². The molecule has 3 aromatic rings. The van der Waals surface area contributed by atoms with E-state index in [-0.39, 0.29) is 10.6 Å². The first-order valence-electron chi connectivity index (χ1n) is 8.50. The Morgan fingerprint density at radius 3 is 2.43 bits per heavy atom. The standard InChI is InChI=1S/C20H16ClNO4S2/c21-16-9-5-4-8-14(16)17-10-11-18(27-17)28(25,26)22-20(19(23)24)12-15(20)13-6-2-1-3-7-13/h1-11,15,22H,12H2,(H,23,24)/t15-,20-/m0/s1. The van der Waals surface area contributed by atoms with Crippen LogP contribution in [0.5, 0.6) is 0 Å². The van der Waals surface area contributed by atoms with E-state index < -0.39 is 27.4 Å². The highest BCUT2D eigenvalue weighted by Crippen LogP contribution is 2.52. The van der Waals surface area contributed by atoms with Gasteiger partial charge in [-0.15, -0.1) is 11.3 Å². The third kappa shape index (κ3) is 3.35. The number of carboxylic acids is 1. The molecule has 1 aliphatic rings. The molecule has 2 N–H and O–H groups in total. The minimum atomic E-state index is -4.00. The third-order valence-electron chi connectivity index (χ3n) is 4.85. The van der Waals surface area contributed by atoms with Crippen molar-refractivity contribution in [3.05, 3.63) is 77.3 Å². The van der Waals surface area contributed by atoms with E-state index in [2.05, 4.69) is 4.72 Å². The molecule has 0 unspecified atom stereocenters. The molecule has 0 spiro atoms. The molecule has 0 saturated heterocycles. The highest BCUT2D eigenvalue weighted by molar-refractivity contribution is 7.91. The van der Waals surface area contributed by atoms with Gasteiger partial charge in [-0.2, -0.15) is 4.72 Å². The highest BCUT2D eigenvalue weighted by atomic mass is 35.5. The number of rotatable bonds is 6. The van der Waals surface area contributed by atoms with E-state index in [9.17, 15) is 18.3 Å². The van der Waals surface area contributed by atoms with Crippen molar-refractivity contribution in [1.29, 1.82) is 0 Å². The summed E-state index contributed by atoms with van der Waals surface area (Å²) >= 11 is 7.25. The number of carbonyl (C=O) groups is 1. The molecule has 1 aromatic heterocycles. The molecule has 0 radical (unpaired) electrons. The molecular weight excluding hydrogens is 418 g/mol. The molecule has 2 atom stereocenters. The summed E-state index contributed by atoms with van der Waals surface area (Å²) in [4.78, 5) is 12.6. The number of sulfonamides is 1. The van der Waals surface area contributed by atoms with E-state index in [1.54, 1.807) is 18.2 Å². The molecule has 1 saturated carbocycles. The fourth-order valence-electron chi connectivity index (χ4n) is 3.30. The van der Waals surface area contributed by atoms with E-state index in [1.807, 2.05) is 42.5 Å². The van der Waals surface area contributed by atoms with Gasteiger partial charge < -0.3 is 5.11 Å². The van der Waals surface area contributed by atoms with Crippen LogP contribution in [0.15, 0.2) is 70.9 Å². The summed E-state index contributed by atoms with van der Waals surface area (Å²) in [6.07, 6.45) is 0.217. The Bertz CT molecular complexity index is 1140. The molecule has 144 valence electrons. The Hall–Kier alpha value is -2.19. The van der Waals surface area contributed by atoms with Gasteiger partial charge >= 0.3 is 5.97 Å². The van der Waals surface area contributed by atoms with E-state index in [1.165, 1.54) is 6.07 Å². The zero-order valence-electron chi connectivity index (χ0n) is 14.5. The summed E-state index contributed by atoms with van der Waals surface area (Å²) in [7, 11) is -4.00. The maximum absolute atomic E-state index is 12.9. The molecule has 0 bridgehead atoms. The Morgan fingerprint density at radius 2 is 1.75 bits per heavy atom. The fourth-order valence-corrected chi connectivity index (χ4v) is 6.35. The Kier molecular flexibility index (Phi) is 4.79. The summed E-state index contributed by atoms with van der Waals surface area (Å²) in [5.74, 6) is -1.57. The molecule has 1 aliphatic carbocycles. The summed E-state index contributed by atoms with van der Waals surface area (Å²) in [5, 5.41) is 10.2. The number of halogens is 1. The average Bonchev–Trinajstić information content (AvgIpc) is 3.17. The quantitative estimate of drug-likeness (QED) is 0.605. The number of hydrogen-bond donors (Lipinski definition) is 2. The van der Waals surface area contributed by atoms with Crippen LogP contribution in [0.1, 0.15) is 17.9 Å². The maximum atomic E-state index is 12.9. The number of hydrogen-bond acceptors (Lipinski definition) is 4. The molecule has 8 heteroatoms. The van der Waals surface area contributed by atoms with Crippen LogP contribution in [0.25, 0.3) is 10.4 Å². The van der Waals surface area contributed by atoms with Crippen molar-refractivity contribution in [2.24, 2.45) is 0 Å². The number of thiophene rings is 1. The van der Waals surface area contributed by atoms with Crippen molar-refractivity contribution in [1.82, 2.24) is 4.72 Å². The first kappa shape index (κ1) is 19.1. The van der Waals surface area contributed by atoms with Gasteiger partial charge in [0.25, 0.3) is 10.0 Å². The average molecular weight is 434 g/mol. The van der Waals surface area contributed by atoms with Crippen molar-refractivity contribution in [3.8, 4) is 10.4 Å². The number of carboxylic acid groups (broad SMARTS) is 1. The number of benzene rings is 2. The van der Waals surface area contributed by atoms with Gasteiger partial charge in [0.1, 0.15) is 9.75 Å². The monoisotopic (exact) mass is 433 g/mol. The Balaban J connectivity index is 1.63. The van der Waals surface area contributed by atoms with Crippen molar-refractivity contribution in [2.45, 2.75) is 22.1 Å². The smallest absolute Gasteiger partial charge is 0.325 e. The minimum Gasteiger partial charge on any atom is -0.480 e. The van der Waals surface area contributed by atoms with Gasteiger partial charge in [-0.1, -0.05) is 60.1 Å². The van der Waals surface area contributed by atoms with Gasteiger partial charge in [-0.3, -0.25) is 4.79 Å². The van der Waals surface area contributed by atoms with E-state index >= 15 is 0 Å². The maximum Gasteiger partial charge on any atom is 0.325 e. The lowest BCUT2D eigenvalue weighted by Gasteiger charge is -2.14. The molecule has 0 amide bonds. The third-order valence-corrected chi connectivity index (χ3v) is 8.30. The van der Waals surface area contributed by atoms with Gasteiger partial charge in [0.2, 0.25) is 0 Å². The van der Waals surface area contributed by atoms with Crippen LogP contribution in [0.2, 0.25) is 5.02 Å². The second-order valence-electron chi connectivity index (χ2n) is 6.65. The van der Waals surface area contributed by atoms with Gasteiger partial charge in [-0.25, -0.2) is 8.42 Å². The van der Waals surface area contributed by atoms with Crippen LogP contribution in [0, 0.1) is 0 Å². The Morgan fingerprint density at radius 1 is 1.07 bits per heavy atom. The first-order valence-corrected chi connectivity index (χ1v) is 11.2. The number of nitrogens with one attached hydrogen (secondary N) is 1. The predicted octanol–water partition coefficient (Wildman–Crippen LogP) is 4.36. The SMILES string of the molecule is O=C(O)[C@]1(NS(=O)(=O)c2ccc(-c3ccccc3Cl)s2)C[C@H]1c1ccccc1. The second-order valence-corrected chi connectivity index (χ2v) is 10.0. The fraction of sp³-hybridized carbons (Fsp3) is 0.150. The molecule has 0 aliphatic heterocycles. The second kappa shape index (κ2) is 7.00. The molecular formula is C20H16ClNO4S2. The molecule has 2 aromatic carbocycles. The van der Waals surface area contributed by atoms with E-state index in [0.717, 1.165) is 22.5 Å². The Labute approximate surface area is 171 Å². The molecule has 28 heavy (non-hydrogen) atoms. The summed E-state index contributed by atoms with van der Waals surface area (Å²) in [5.41, 5.74) is 0.0158. The first-order chi connectivity index (χ1) is 13.3. The van der Waals surface area contributed by atoms with Crippen LogP contribution >= 0.6 is 22.9 Å². The molecule has 4 rings (SSSR count). The largest absolute Gasteiger partial charge is 0.480 e. The van der Waals surface area contributed by atoms with Gasteiger partial charge in [-0.05, 0) is 30.2 Å². The number of aliphatic carboxylic acids is 1. The van der Waals surface area contributed by atoms with Crippen molar-refractivity contribution >= 4 is 38.9 Å². The lowest BCUT2D eigenvalue weighted by atomic mass is 10.1. The van der Waals surface area contributed by atoms with E-state index in [0.29, 0.717) is 9.90 Å². The van der Waals surface area contributed by atoms with Crippen LogP contribution in [-0.4, -0.2) is 25.0 Å². The zero-order chi connectivity index (χ0) is 19.9. The van der Waals surface area contributed by atoms with Crippen molar-refractivity contribution in [3.63, 3.8) is 0 Å². The highest BCUT2D eigenvalue weighted by Gasteiger charge is 2.63. The predicted molar refractivity (Wildman–Crippen MR) is 109 cm³/mol. The van der Waals surface area contributed by atoms with Crippen LogP contribution < -0.4 is 4.72 Å². The lowest BCUT2D eigenvalue weighted by molar-refractivity contribution is -0.140. The van der Waals surface area contributed by atoms with Gasteiger partial charge in [0, 0.05) is 21.4 Å². The van der Waals surface area contributed by atoms with Crippen molar-refractivity contribution in [2.75, 3.05) is 0 Å². The van der Waals surface area contributed by atoms with Gasteiger partial charge in [0.15, 0.2) is 0 Å². The minimum absolute atomic E-state index is 0.0572. The topological polar surface area (TPSA) is 83.5 Å².